The van der Waals surface area contributed by atoms with Gasteiger partial charge in [-0.1, -0.05) is 18.2 Å². The second-order valence-electron chi connectivity index (χ2n) is 5.94. The number of nitrogens with zero attached hydrogens (tertiary/aromatic N) is 2. The van der Waals surface area contributed by atoms with Gasteiger partial charge in [0.15, 0.2) is 0 Å². The number of hydrogen-bond donors (Lipinski definition) is 2. The molecule has 0 spiro atoms. The number of rotatable bonds is 4. The van der Waals surface area contributed by atoms with Crippen molar-refractivity contribution in [3.05, 3.63) is 65.9 Å². The first-order valence-electron chi connectivity index (χ1n) is 8.22. The quantitative estimate of drug-likeness (QED) is 0.658. The van der Waals surface area contributed by atoms with E-state index in [9.17, 15) is 14.9 Å². The molecule has 0 unspecified atom stereocenters. The number of nitriles is 1. The van der Waals surface area contributed by atoms with Gasteiger partial charge >= 0.3 is 0 Å². The number of carbonyl (C=O) groups is 2. The Balaban J connectivity index is 1.72. The number of carbonyl (C=O) groups excluding carboxylic acids is 2. The second kappa shape index (κ2) is 7.53. The third-order valence-corrected chi connectivity index (χ3v) is 4.04. The summed E-state index contributed by atoms with van der Waals surface area (Å²) in [4.78, 5) is 25.4. The van der Waals surface area contributed by atoms with Crippen LogP contribution in [0, 0.1) is 11.3 Å². The van der Waals surface area contributed by atoms with Crippen molar-refractivity contribution in [3.63, 3.8) is 0 Å². The standard InChI is InChI=1S/C20H18N4O2/c1-14(25)22-17-6-8-18(9-7-17)23-20(26)16(12-21)13-24-11-10-15-4-2-3-5-19(15)24/h2-9,13H,10-11H2,1H3,(H,22,25)(H,23,26)/b16-13-. The highest BCUT2D eigenvalue weighted by Crippen LogP contribution is 2.28. The Morgan fingerprint density at radius 1 is 1.08 bits per heavy atom. The van der Waals surface area contributed by atoms with Crippen molar-refractivity contribution in [3.8, 4) is 6.07 Å². The smallest absolute Gasteiger partial charge is 0.267 e. The summed E-state index contributed by atoms with van der Waals surface area (Å²) in [6.45, 7) is 2.17. The molecule has 2 N–H and O–H groups in total. The molecule has 6 heteroatoms. The molecule has 2 aromatic carbocycles. The van der Waals surface area contributed by atoms with Gasteiger partial charge in [-0.25, -0.2) is 0 Å². The SMILES string of the molecule is CC(=O)Nc1ccc(NC(=O)/C(C#N)=C\N2CCc3ccccc32)cc1. The minimum Gasteiger partial charge on any atom is -0.346 e. The van der Waals surface area contributed by atoms with Crippen molar-refractivity contribution < 1.29 is 9.59 Å². The molecular weight excluding hydrogens is 328 g/mol. The van der Waals surface area contributed by atoms with Gasteiger partial charge in [0.1, 0.15) is 11.6 Å². The molecule has 6 nitrogen and oxygen atoms in total. The van der Waals surface area contributed by atoms with Gasteiger partial charge in [-0.3, -0.25) is 9.59 Å². The fourth-order valence-corrected chi connectivity index (χ4v) is 2.83. The number of para-hydroxylation sites is 1. The van der Waals surface area contributed by atoms with Gasteiger partial charge in [-0.15, -0.1) is 0 Å². The highest BCUT2D eigenvalue weighted by molar-refractivity contribution is 6.07. The number of benzene rings is 2. The van der Waals surface area contributed by atoms with Crippen molar-refractivity contribution in [1.82, 2.24) is 0 Å². The van der Waals surface area contributed by atoms with E-state index < -0.39 is 5.91 Å². The summed E-state index contributed by atoms with van der Waals surface area (Å²) in [6, 6.07) is 16.6. The van der Waals surface area contributed by atoms with Crippen LogP contribution in [-0.4, -0.2) is 18.4 Å². The molecule has 26 heavy (non-hydrogen) atoms. The Morgan fingerprint density at radius 3 is 2.38 bits per heavy atom. The van der Waals surface area contributed by atoms with E-state index in [1.54, 1.807) is 30.5 Å². The lowest BCUT2D eigenvalue weighted by molar-refractivity contribution is -0.114. The summed E-state index contributed by atoms with van der Waals surface area (Å²) >= 11 is 0. The van der Waals surface area contributed by atoms with E-state index in [2.05, 4.69) is 10.6 Å². The molecule has 1 heterocycles. The summed E-state index contributed by atoms with van der Waals surface area (Å²) in [7, 11) is 0. The van der Waals surface area contributed by atoms with E-state index in [0.29, 0.717) is 11.4 Å². The van der Waals surface area contributed by atoms with Crippen LogP contribution in [0.25, 0.3) is 0 Å². The van der Waals surface area contributed by atoms with E-state index in [4.69, 9.17) is 0 Å². The lowest BCUT2D eigenvalue weighted by Crippen LogP contribution is -2.19. The maximum Gasteiger partial charge on any atom is 0.267 e. The number of hydrogen-bond acceptors (Lipinski definition) is 4. The van der Waals surface area contributed by atoms with Crippen molar-refractivity contribution in [2.75, 3.05) is 22.1 Å². The molecule has 0 bridgehead atoms. The Hall–Kier alpha value is -3.59. The van der Waals surface area contributed by atoms with Crippen LogP contribution in [0.4, 0.5) is 17.1 Å². The van der Waals surface area contributed by atoms with E-state index in [-0.39, 0.29) is 11.5 Å². The fraction of sp³-hybridized carbons (Fsp3) is 0.150. The molecule has 0 aliphatic carbocycles. The summed E-state index contributed by atoms with van der Waals surface area (Å²) in [6.07, 6.45) is 2.48. The molecular formula is C20H18N4O2. The van der Waals surface area contributed by atoms with Gasteiger partial charge in [0.05, 0.1) is 0 Å². The largest absolute Gasteiger partial charge is 0.346 e. The lowest BCUT2D eigenvalue weighted by Gasteiger charge is -2.14. The van der Waals surface area contributed by atoms with Crippen molar-refractivity contribution >= 4 is 28.9 Å². The Labute approximate surface area is 151 Å². The fourth-order valence-electron chi connectivity index (χ4n) is 2.83. The molecule has 0 fully saturated rings. The Morgan fingerprint density at radius 2 is 1.73 bits per heavy atom. The number of fused-ring (bicyclic) bond motifs is 1. The lowest BCUT2D eigenvalue weighted by atomic mass is 10.2. The van der Waals surface area contributed by atoms with Crippen LogP contribution in [0.2, 0.25) is 0 Å². The molecule has 2 amide bonds. The van der Waals surface area contributed by atoms with E-state index in [0.717, 1.165) is 18.7 Å². The zero-order valence-corrected chi connectivity index (χ0v) is 14.3. The Bertz CT molecular complexity index is 910. The van der Waals surface area contributed by atoms with Gasteiger partial charge in [0.25, 0.3) is 5.91 Å². The van der Waals surface area contributed by atoms with Crippen LogP contribution in [0.5, 0.6) is 0 Å². The van der Waals surface area contributed by atoms with Crippen LogP contribution >= 0.6 is 0 Å². The van der Waals surface area contributed by atoms with E-state index in [1.807, 2.05) is 35.2 Å². The van der Waals surface area contributed by atoms with Gasteiger partial charge in [0, 0.05) is 36.7 Å². The molecule has 2 aromatic rings. The van der Waals surface area contributed by atoms with Gasteiger partial charge < -0.3 is 15.5 Å². The third-order valence-electron chi connectivity index (χ3n) is 4.04. The van der Waals surface area contributed by atoms with Gasteiger partial charge in [0.2, 0.25) is 5.91 Å². The molecule has 0 atom stereocenters. The first kappa shape index (κ1) is 17.2. The second-order valence-corrected chi connectivity index (χ2v) is 5.94. The van der Waals surface area contributed by atoms with E-state index >= 15 is 0 Å². The normalized spacial score (nSPS) is 12.9. The highest BCUT2D eigenvalue weighted by Gasteiger charge is 2.19. The van der Waals surface area contributed by atoms with Crippen molar-refractivity contribution in [2.24, 2.45) is 0 Å². The highest BCUT2D eigenvalue weighted by atomic mass is 16.2. The first-order valence-corrected chi connectivity index (χ1v) is 8.22. The molecule has 3 rings (SSSR count). The van der Waals surface area contributed by atoms with Gasteiger partial charge in [-0.05, 0) is 42.3 Å². The minimum absolute atomic E-state index is 0.0349. The molecule has 0 saturated heterocycles. The average molecular weight is 346 g/mol. The summed E-state index contributed by atoms with van der Waals surface area (Å²) < 4.78 is 0. The van der Waals surface area contributed by atoms with Crippen LogP contribution in [-0.2, 0) is 16.0 Å². The predicted molar refractivity (Wildman–Crippen MR) is 101 cm³/mol. The monoisotopic (exact) mass is 346 g/mol. The zero-order chi connectivity index (χ0) is 18.5. The summed E-state index contributed by atoms with van der Waals surface area (Å²) in [5.74, 6) is -0.633. The molecule has 130 valence electrons. The van der Waals surface area contributed by atoms with Crippen LogP contribution < -0.4 is 15.5 Å². The third kappa shape index (κ3) is 3.90. The average Bonchev–Trinajstić information content (AvgIpc) is 3.04. The number of amides is 2. The molecule has 1 aliphatic rings. The maximum atomic E-state index is 12.4. The predicted octanol–water partition coefficient (Wildman–Crippen LogP) is 3.05. The summed E-state index contributed by atoms with van der Waals surface area (Å²) in [5.41, 5.74) is 3.45. The molecule has 0 radical (unpaired) electrons. The van der Waals surface area contributed by atoms with Gasteiger partial charge in [-0.2, -0.15) is 5.26 Å². The Kier molecular flexibility index (Phi) is 4.99. The van der Waals surface area contributed by atoms with Crippen molar-refractivity contribution in [2.45, 2.75) is 13.3 Å². The number of nitrogens with one attached hydrogen (secondary N) is 2. The van der Waals surface area contributed by atoms with Crippen LogP contribution in [0.15, 0.2) is 60.3 Å². The van der Waals surface area contributed by atoms with E-state index in [1.165, 1.54) is 12.5 Å². The topological polar surface area (TPSA) is 85.2 Å². The summed E-state index contributed by atoms with van der Waals surface area (Å²) in [5, 5.41) is 14.7. The van der Waals surface area contributed by atoms with Crippen LogP contribution in [0.1, 0.15) is 12.5 Å². The zero-order valence-electron chi connectivity index (χ0n) is 14.3. The molecule has 0 aromatic heterocycles. The van der Waals surface area contributed by atoms with Crippen molar-refractivity contribution in [1.29, 1.82) is 5.26 Å². The minimum atomic E-state index is -0.468. The molecule has 1 aliphatic heterocycles. The van der Waals surface area contributed by atoms with Crippen LogP contribution in [0.3, 0.4) is 0 Å². The maximum absolute atomic E-state index is 12.4. The number of anilines is 3. The first-order chi connectivity index (χ1) is 12.6. The molecule has 0 saturated carbocycles.